The molecule has 0 unspecified atom stereocenters. The molecule has 3 aromatic carbocycles. The molecule has 0 spiro atoms. The Hall–Kier alpha value is -4.33. The molecule has 47 heavy (non-hydrogen) atoms. The number of nitrogens with zero attached hydrogens (tertiary/aromatic N) is 6. The van der Waals surface area contributed by atoms with Gasteiger partial charge in [-0.05, 0) is 67.9 Å². The van der Waals surface area contributed by atoms with Gasteiger partial charge < -0.3 is 19.4 Å². The summed E-state index contributed by atoms with van der Waals surface area (Å²) in [6.07, 6.45) is 5.90. The molecule has 1 saturated carbocycles. The van der Waals surface area contributed by atoms with Crippen LogP contribution < -0.4 is 9.64 Å². The van der Waals surface area contributed by atoms with Gasteiger partial charge in [0, 0.05) is 47.9 Å². The molecule has 0 bridgehead atoms. The normalized spacial score (nSPS) is 19.2. The lowest BCUT2D eigenvalue weighted by Gasteiger charge is -2.41. The summed E-state index contributed by atoms with van der Waals surface area (Å²) in [6.45, 7) is 8.26. The molecule has 242 valence electrons. The lowest BCUT2D eigenvalue weighted by atomic mass is 9.96. The minimum Gasteiger partial charge on any atom is -0.463 e. The first-order valence-corrected chi connectivity index (χ1v) is 16.5. The number of likely N-dealkylation sites (tertiary alicyclic amines) is 1. The van der Waals surface area contributed by atoms with E-state index >= 15 is 4.39 Å². The zero-order valence-electron chi connectivity index (χ0n) is 26.0. The maximum absolute atomic E-state index is 16.8. The highest BCUT2D eigenvalue weighted by atomic mass is 35.5. The highest BCUT2D eigenvalue weighted by Crippen LogP contribution is 2.47. The van der Waals surface area contributed by atoms with Crippen molar-refractivity contribution in [3.05, 3.63) is 71.8 Å². The van der Waals surface area contributed by atoms with Gasteiger partial charge in [-0.1, -0.05) is 48.5 Å². The van der Waals surface area contributed by atoms with E-state index < -0.39 is 17.7 Å². The van der Waals surface area contributed by atoms with Gasteiger partial charge in [0.05, 0.1) is 30.2 Å². The number of amides is 1. The van der Waals surface area contributed by atoms with Gasteiger partial charge in [-0.2, -0.15) is 15.2 Å². The summed E-state index contributed by atoms with van der Waals surface area (Å²) in [7, 11) is 0. The van der Waals surface area contributed by atoms with Gasteiger partial charge in [0.1, 0.15) is 17.2 Å². The van der Waals surface area contributed by atoms with E-state index in [1.54, 1.807) is 41.3 Å². The van der Waals surface area contributed by atoms with E-state index in [0.29, 0.717) is 53.8 Å². The van der Waals surface area contributed by atoms with E-state index in [2.05, 4.69) is 22.5 Å². The third-order valence-electron chi connectivity index (χ3n) is 9.78. The predicted molar refractivity (Wildman–Crippen MR) is 178 cm³/mol. The minimum absolute atomic E-state index is 0.0293. The molecule has 3 fully saturated rings. The minimum atomic E-state index is -0.601. The first kappa shape index (κ1) is 31.3. The topological polar surface area (TPSA) is 85.6 Å². The Balaban J connectivity index is 1.31. The van der Waals surface area contributed by atoms with Crippen molar-refractivity contribution in [3.8, 4) is 23.2 Å². The van der Waals surface area contributed by atoms with Gasteiger partial charge in [0.25, 0.3) is 0 Å². The van der Waals surface area contributed by atoms with Crippen LogP contribution in [0.5, 0.6) is 6.01 Å². The highest BCUT2D eigenvalue weighted by Gasteiger charge is 2.45. The molecular formula is C36H35ClF2N6O2. The van der Waals surface area contributed by atoms with Crippen molar-refractivity contribution in [3.63, 3.8) is 0 Å². The molecule has 3 aliphatic rings. The Kier molecular flexibility index (Phi) is 8.45. The molecule has 1 amide bonds. The van der Waals surface area contributed by atoms with Gasteiger partial charge in [0.2, 0.25) is 5.91 Å². The summed E-state index contributed by atoms with van der Waals surface area (Å²) in [5.74, 6) is -0.960. The molecule has 4 aromatic rings. The maximum Gasteiger partial charge on any atom is 0.319 e. The van der Waals surface area contributed by atoms with Crippen LogP contribution in [0, 0.1) is 28.4 Å². The first-order valence-electron chi connectivity index (χ1n) is 16.1. The molecule has 2 aliphatic heterocycles. The maximum atomic E-state index is 16.8. The SMILES string of the molecule is C=CC(=O)N1CCN(c2nc(OCC3(CN4CCCC4)CC3)nc3c(F)c(-c4cccc5ccc(F)c(Cl)c45)ccc23)C[C@@H]1CC#N. The molecular weight excluding hydrogens is 622 g/mol. The fourth-order valence-corrected chi connectivity index (χ4v) is 7.34. The first-order chi connectivity index (χ1) is 22.8. The molecule has 1 aliphatic carbocycles. The van der Waals surface area contributed by atoms with E-state index in [4.69, 9.17) is 21.3 Å². The Labute approximate surface area is 277 Å². The van der Waals surface area contributed by atoms with E-state index in [1.807, 2.05) is 4.90 Å². The zero-order chi connectivity index (χ0) is 32.7. The number of nitriles is 1. The second kappa shape index (κ2) is 12.7. The van der Waals surface area contributed by atoms with E-state index in [-0.39, 0.29) is 39.9 Å². The fourth-order valence-electron chi connectivity index (χ4n) is 7.07. The quantitative estimate of drug-likeness (QED) is 0.184. The Bertz CT molecular complexity index is 1920. The van der Waals surface area contributed by atoms with Gasteiger partial charge in [-0.15, -0.1) is 0 Å². The van der Waals surface area contributed by atoms with E-state index in [1.165, 1.54) is 25.0 Å². The van der Waals surface area contributed by atoms with Crippen molar-refractivity contribution in [2.24, 2.45) is 5.41 Å². The number of ether oxygens (including phenoxy) is 1. The Morgan fingerprint density at radius 1 is 1.09 bits per heavy atom. The van der Waals surface area contributed by atoms with Crippen molar-refractivity contribution in [2.45, 2.75) is 38.1 Å². The average Bonchev–Trinajstić information content (AvgIpc) is 3.66. The van der Waals surface area contributed by atoms with Crippen LogP contribution in [0.25, 0.3) is 32.8 Å². The van der Waals surface area contributed by atoms with Gasteiger partial charge in [-0.25, -0.2) is 8.78 Å². The number of anilines is 1. The molecule has 11 heteroatoms. The second-order valence-electron chi connectivity index (χ2n) is 12.9. The average molecular weight is 657 g/mol. The summed E-state index contributed by atoms with van der Waals surface area (Å²) in [4.78, 5) is 28.1. The summed E-state index contributed by atoms with van der Waals surface area (Å²) < 4.78 is 37.7. The number of carbonyl (C=O) groups is 1. The van der Waals surface area contributed by atoms with Crippen LogP contribution in [-0.2, 0) is 4.79 Å². The fraction of sp³-hybridized carbons (Fsp3) is 0.389. The van der Waals surface area contributed by atoms with E-state index in [0.717, 1.165) is 32.5 Å². The molecule has 8 nitrogen and oxygen atoms in total. The van der Waals surface area contributed by atoms with Gasteiger partial charge in [-0.3, -0.25) is 4.79 Å². The number of piperazine rings is 1. The molecule has 0 radical (unpaired) electrons. The van der Waals surface area contributed by atoms with Crippen LogP contribution in [0.3, 0.4) is 0 Å². The van der Waals surface area contributed by atoms with E-state index in [9.17, 15) is 14.4 Å². The van der Waals surface area contributed by atoms with Crippen molar-refractivity contribution in [1.82, 2.24) is 19.8 Å². The standard InChI is InChI=1S/C36H35ClF2N6O2/c1-2-29(46)45-19-18-44(20-24(45)12-15-40)34-27-10-9-26(25-7-5-6-23-8-11-28(38)31(37)30(23)25)32(39)33(27)41-35(42-34)47-22-36(13-14-36)21-43-16-3-4-17-43/h2,5-11,24H,1,3-4,12-14,16-22H2/t24-/m0/s1. The van der Waals surface area contributed by atoms with Crippen molar-refractivity contribution >= 4 is 45.0 Å². The van der Waals surface area contributed by atoms with Crippen molar-refractivity contribution in [1.29, 1.82) is 5.26 Å². The summed E-state index contributed by atoms with van der Waals surface area (Å²) in [6, 6.07) is 13.5. The zero-order valence-corrected chi connectivity index (χ0v) is 26.8. The van der Waals surface area contributed by atoms with Crippen molar-refractivity contribution < 1.29 is 18.3 Å². The van der Waals surface area contributed by atoms with Crippen LogP contribution in [0.15, 0.2) is 55.1 Å². The second-order valence-corrected chi connectivity index (χ2v) is 13.3. The molecule has 7 rings (SSSR count). The molecule has 3 heterocycles. The van der Waals surface area contributed by atoms with Crippen LogP contribution in [0.2, 0.25) is 5.02 Å². The third-order valence-corrected chi connectivity index (χ3v) is 10.1. The number of hydrogen-bond donors (Lipinski definition) is 0. The van der Waals surface area contributed by atoms with Gasteiger partial charge >= 0.3 is 6.01 Å². The van der Waals surface area contributed by atoms with Gasteiger partial charge in [0.15, 0.2) is 5.82 Å². The summed E-state index contributed by atoms with van der Waals surface area (Å²) in [5, 5.41) is 11.0. The predicted octanol–water partition coefficient (Wildman–Crippen LogP) is 6.75. The van der Waals surface area contributed by atoms with Crippen LogP contribution in [-0.4, -0.2) is 77.6 Å². The molecule has 1 aromatic heterocycles. The third kappa shape index (κ3) is 5.99. The summed E-state index contributed by atoms with van der Waals surface area (Å²) in [5.41, 5.74) is 0.768. The number of benzene rings is 3. The Morgan fingerprint density at radius 2 is 1.89 bits per heavy atom. The number of hydrogen-bond acceptors (Lipinski definition) is 7. The molecule has 0 N–H and O–H groups in total. The monoisotopic (exact) mass is 656 g/mol. The number of carbonyl (C=O) groups excluding carboxylic acids is 1. The van der Waals surface area contributed by atoms with Crippen LogP contribution in [0.4, 0.5) is 14.6 Å². The van der Waals surface area contributed by atoms with Crippen molar-refractivity contribution in [2.75, 3.05) is 50.8 Å². The molecule has 2 saturated heterocycles. The number of fused-ring (bicyclic) bond motifs is 2. The smallest absolute Gasteiger partial charge is 0.319 e. The number of halogens is 3. The Morgan fingerprint density at radius 3 is 2.64 bits per heavy atom. The molecule has 1 atom stereocenters. The lowest BCUT2D eigenvalue weighted by Crippen LogP contribution is -2.55. The van der Waals surface area contributed by atoms with Crippen LogP contribution in [0.1, 0.15) is 32.1 Å². The number of aromatic nitrogens is 2. The summed E-state index contributed by atoms with van der Waals surface area (Å²) >= 11 is 6.43. The largest absolute Gasteiger partial charge is 0.463 e. The highest BCUT2D eigenvalue weighted by molar-refractivity contribution is 6.37. The number of rotatable bonds is 9. The lowest BCUT2D eigenvalue weighted by molar-refractivity contribution is -0.128. The van der Waals surface area contributed by atoms with Crippen LogP contribution >= 0.6 is 11.6 Å².